The van der Waals surface area contributed by atoms with E-state index in [-0.39, 0.29) is 12.6 Å². The monoisotopic (exact) mass is 267 g/mol. The van der Waals surface area contributed by atoms with E-state index in [1.165, 1.54) is 0 Å². The summed E-state index contributed by atoms with van der Waals surface area (Å²) < 4.78 is 4.95. The van der Waals surface area contributed by atoms with Crippen LogP contribution in [0, 0.1) is 0 Å². The van der Waals surface area contributed by atoms with Crippen molar-refractivity contribution in [2.75, 3.05) is 6.61 Å². The number of carbonyl (C=O) groups excluding carboxylic acids is 2. The summed E-state index contributed by atoms with van der Waals surface area (Å²) in [4.78, 5) is 22.7. The standard InChI is InChI=1S/C13H14ClNO3/c14-10-4-2-9(3-5-10)13(6-1-7-13)12(17)18-8-11(15)16/h2-5H,1,6-8H2,(H2,15,16). The van der Waals surface area contributed by atoms with E-state index in [1.807, 2.05) is 12.1 Å². The fourth-order valence-corrected chi connectivity index (χ4v) is 2.31. The van der Waals surface area contributed by atoms with Gasteiger partial charge in [-0.3, -0.25) is 9.59 Å². The molecule has 0 bridgehead atoms. The van der Waals surface area contributed by atoms with Gasteiger partial charge >= 0.3 is 5.97 Å². The Morgan fingerprint density at radius 2 is 1.89 bits per heavy atom. The molecule has 0 atom stereocenters. The molecule has 5 heteroatoms. The highest BCUT2D eigenvalue weighted by atomic mass is 35.5. The molecule has 1 aliphatic rings. The maximum Gasteiger partial charge on any atom is 0.317 e. The predicted molar refractivity (Wildman–Crippen MR) is 67.1 cm³/mol. The molecule has 0 saturated heterocycles. The molecule has 1 aliphatic carbocycles. The van der Waals surface area contributed by atoms with Gasteiger partial charge in [-0.25, -0.2) is 0 Å². The van der Waals surface area contributed by atoms with Gasteiger partial charge in [-0.15, -0.1) is 0 Å². The van der Waals surface area contributed by atoms with Crippen LogP contribution in [0.25, 0.3) is 0 Å². The molecule has 2 rings (SSSR count). The third-order valence-electron chi connectivity index (χ3n) is 3.34. The molecular formula is C13H14ClNO3. The van der Waals surface area contributed by atoms with Crippen LogP contribution in [0.1, 0.15) is 24.8 Å². The van der Waals surface area contributed by atoms with E-state index >= 15 is 0 Å². The zero-order valence-corrected chi connectivity index (χ0v) is 10.6. The lowest BCUT2D eigenvalue weighted by Crippen LogP contribution is -2.44. The summed E-state index contributed by atoms with van der Waals surface area (Å²) in [6.45, 7) is -0.367. The van der Waals surface area contributed by atoms with Crippen LogP contribution in [0.3, 0.4) is 0 Å². The number of halogens is 1. The molecule has 2 N–H and O–H groups in total. The summed E-state index contributed by atoms with van der Waals surface area (Å²) >= 11 is 5.83. The van der Waals surface area contributed by atoms with E-state index in [9.17, 15) is 9.59 Å². The molecule has 0 unspecified atom stereocenters. The van der Waals surface area contributed by atoms with Gasteiger partial charge in [0.2, 0.25) is 0 Å². The number of hydrogen-bond donors (Lipinski definition) is 1. The Kier molecular flexibility index (Phi) is 3.57. The van der Waals surface area contributed by atoms with E-state index in [0.29, 0.717) is 5.02 Å². The third-order valence-corrected chi connectivity index (χ3v) is 3.59. The van der Waals surface area contributed by atoms with Crippen LogP contribution in [-0.4, -0.2) is 18.5 Å². The number of nitrogens with two attached hydrogens (primary N) is 1. The Balaban J connectivity index is 2.17. The van der Waals surface area contributed by atoms with Crippen LogP contribution in [0.2, 0.25) is 5.02 Å². The van der Waals surface area contributed by atoms with Crippen molar-refractivity contribution in [3.8, 4) is 0 Å². The van der Waals surface area contributed by atoms with Crippen molar-refractivity contribution >= 4 is 23.5 Å². The smallest absolute Gasteiger partial charge is 0.317 e. The molecule has 1 aromatic carbocycles. The lowest BCUT2D eigenvalue weighted by Gasteiger charge is -2.39. The largest absolute Gasteiger partial charge is 0.455 e. The highest BCUT2D eigenvalue weighted by molar-refractivity contribution is 6.30. The second-order valence-corrected chi connectivity index (χ2v) is 4.92. The molecule has 96 valence electrons. The van der Waals surface area contributed by atoms with Crippen molar-refractivity contribution in [2.45, 2.75) is 24.7 Å². The SMILES string of the molecule is NC(=O)COC(=O)C1(c2ccc(Cl)cc2)CCC1. The Morgan fingerprint density at radius 1 is 1.28 bits per heavy atom. The molecule has 18 heavy (non-hydrogen) atoms. The lowest BCUT2D eigenvalue weighted by molar-refractivity contribution is -0.157. The minimum Gasteiger partial charge on any atom is -0.455 e. The summed E-state index contributed by atoms with van der Waals surface area (Å²) in [6.07, 6.45) is 2.42. The molecule has 0 radical (unpaired) electrons. The average Bonchev–Trinajstić information content (AvgIpc) is 2.27. The number of primary amides is 1. The molecular weight excluding hydrogens is 254 g/mol. The van der Waals surface area contributed by atoms with Crippen molar-refractivity contribution < 1.29 is 14.3 Å². The van der Waals surface area contributed by atoms with Gasteiger partial charge in [-0.2, -0.15) is 0 Å². The summed E-state index contributed by atoms with van der Waals surface area (Å²) in [5.74, 6) is -1.02. The molecule has 0 heterocycles. The summed E-state index contributed by atoms with van der Waals surface area (Å²) in [5.41, 5.74) is 5.23. The maximum atomic E-state index is 12.1. The van der Waals surface area contributed by atoms with Crippen LogP contribution in [-0.2, 0) is 19.7 Å². The van der Waals surface area contributed by atoms with Crippen LogP contribution in [0.4, 0.5) is 0 Å². The maximum absolute atomic E-state index is 12.1. The van der Waals surface area contributed by atoms with Gasteiger partial charge in [-0.05, 0) is 30.5 Å². The zero-order chi connectivity index (χ0) is 13.2. The Labute approximate surface area is 110 Å². The molecule has 0 spiro atoms. The van der Waals surface area contributed by atoms with Gasteiger partial charge in [-0.1, -0.05) is 30.2 Å². The second kappa shape index (κ2) is 4.98. The number of hydrogen-bond acceptors (Lipinski definition) is 3. The molecule has 1 aromatic rings. The molecule has 4 nitrogen and oxygen atoms in total. The summed E-state index contributed by atoms with van der Waals surface area (Å²) in [5, 5.41) is 0.624. The molecule has 1 saturated carbocycles. The minimum absolute atomic E-state index is 0.367. The minimum atomic E-state index is -0.645. The van der Waals surface area contributed by atoms with Gasteiger partial charge in [0.15, 0.2) is 6.61 Å². The molecule has 1 amide bonds. The van der Waals surface area contributed by atoms with Gasteiger partial charge in [0.05, 0.1) is 5.41 Å². The Hall–Kier alpha value is -1.55. The first-order chi connectivity index (χ1) is 8.54. The van der Waals surface area contributed by atoms with Crippen molar-refractivity contribution in [2.24, 2.45) is 5.73 Å². The van der Waals surface area contributed by atoms with Crippen molar-refractivity contribution in [1.29, 1.82) is 0 Å². The topological polar surface area (TPSA) is 69.4 Å². The quantitative estimate of drug-likeness (QED) is 0.846. The first kappa shape index (κ1) is 12.9. The number of rotatable bonds is 4. The van der Waals surface area contributed by atoms with Crippen molar-refractivity contribution in [3.63, 3.8) is 0 Å². The van der Waals surface area contributed by atoms with Crippen LogP contribution in [0.15, 0.2) is 24.3 Å². The Bertz CT molecular complexity index is 466. The number of amides is 1. The summed E-state index contributed by atoms with van der Waals surface area (Å²) in [7, 11) is 0. The van der Waals surface area contributed by atoms with E-state index in [0.717, 1.165) is 24.8 Å². The molecule has 1 fully saturated rings. The van der Waals surface area contributed by atoms with Crippen molar-refractivity contribution in [1.82, 2.24) is 0 Å². The Morgan fingerprint density at radius 3 is 2.33 bits per heavy atom. The predicted octanol–water partition coefficient (Wildman–Crippen LogP) is 1.79. The number of esters is 1. The number of benzene rings is 1. The summed E-state index contributed by atoms with van der Waals surface area (Å²) in [6, 6.07) is 7.15. The first-order valence-corrected chi connectivity index (χ1v) is 6.14. The lowest BCUT2D eigenvalue weighted by atomic mass is 9.64. The second-order valence-electron chi connectivity index (χ2n) is 4.48. The third kappa shape index (κ3) is 2.34. The number of ether oxygens (including phenoxy) is 1. The fraction of sp³-hybridized carbons (Fsp3) is 0.385. The highest BCUT2D eigenvalue weighted by Gasteiger charge is 2.47. The van der Waals surface area contributed by atoms with E-state index in [2.05, 4.69) is 0 Å². The van der Waals surface area contributed by atoms with Crippen LogP contribution >= 0.6 is 11.6 Å². The zero-order valence-electron chi connectivity index (χ0n) is 9.82. The van der Waals surface area contributed by atoms with Gasteiger partial charge in [0.1, 0.15) is 0 Å². The van der Waals surface area contributed by atoms with Crippen molar-refractivity contribution in [3.05, 3.63) is 34.9 Å². The van der Waals surface area contributed by atoms with Crippen LogP contribution in [0.5, 0.6) is 0 Å². The molecule has 0 aromatic heterocycles. The van der Waals surface area contributed by atoms with E-state index < -0.39 is 11.3 Å². The normalized spacial score (nSPS) is 16.7. The highest BCUT2D eigenvalue weighted by Crippen LogP contribution is 2.44. The van der Waals surface area contributed by atoms with E-state index in [1.54, 1.807) is 12.1 Å². The average molecular weight is 268 g/mol. The van der Waals surface area contributed by atoms with E-state index in [4.69, 9.17) is 22.1 Å². The van der Waals surface area contributed by atoms with Crippen LogP contribution < -0.4 is 5.73 Å². The fourth-order valence-electron chi connectivity index (χ4n) is 2.18. The van der Waals surface area contributed by atoms with Gasteiger partial charge in [0, 0.05) is 5.02 Å². The number of carbonyl (C=O) groups is 2. The molecule has 0 aliphatic heterocycles. The van der Waals surface area contributed by atoms with Gasteiger partial charge in [0.25, 0.3) is 5.91 Å². The van der Waals surface area contributed by atoms with Gasteiger partial charge < -0.3 is 10.5 Å². The first-order valence-electron chi connectivity index (χ1n) is 5.76.